The van der Waals surface area contributed by atoms with Gasteiger partial charge in [-0.25, -0.2) is 39.9 Å². The molecule has 0 atom stereocenters. The van der Waals surface area contributed by atoms with Crippen molar-refractivity contribution in [2.75, 3.05) is 0 Å². The van der Waals surface area contributed by atoms with Crippen LogP contribution in [0, 0.1) is 0 Å². The predicted molar refractivity (Wildman–Crippen MR) is 561 cm³/mol. The van der Waals surface area contributed by atoms with Crippen LogP contribution < -0.4 is 39.9 Å². The first-order valence-corrected chi connectivity index (χ1v) is 48.6. The summed E-state index contributed by atoms with van der Waals surface area (Å²) in [4.78, 5) is 81.8. The monoisotopic (exact) mass is 2200 g/mol. The van der Waals surface area contributed by atoms with Gasteiger partial charge in [-0.05, 0) is 139 Å². The summed E-state index contributed by atoms with van der Waals surface area (Å²) in [7, 11) is 8.09. The van der Waals surface area contributed by atoms with Crippen LogP contribution in [0.4, 0.5) is 0 Å². The third-order valence-corrected chi connectivity index (χ3v) is 29.5. The molecule has 742 valence electrons. The predicted octanol–water partition coefficient (Wildman–Crippen LogP) is 22.6. The van der Waals surface area contributed by atoms with Crippen molar-refractivity contribution in [3.63, 3.8) is 0 Å². The van der Waals surface area contributed by atoms with Gasteiger partial charge in [0.15, 0.2) is 0 Å². The van der Waals surface area contributed by atoms with Gasteiger partial charge in [0.25, 0.3) is 0 Å². The maximum Gasteiger partial charge on any atom is 2.00 e. The molecule has 0 aliphatic carbocycles. The fourth-order valence-electron chi connectivity index (χ4n) is 20.9. The topological polar surface area (TPSA) is 255 Å². The molecule has 0 saturated carbocycles. The second-order valence-electron chi connectivity index (χ2n) is 41.8. The van der Waals surface area contributed by atoms with E-state index in [-0.39, 0.29) is 96.4 Å². The van der Waals surface area contributed by atoms with E-state index in [0.29, 0.717) is 0 Å². The Kier molecular flexibility index (Phi) is 25.1. The fraction of sp³-hybridized carbons (Fsp3) is 0.210. The molecule has 20 heterocycles. The van der Waals surface area contributed by atoms with E-state index in [1.165, 1.54) is 0 Å². The molecule has 16 aromatic heterocycles. The Balaban J connectivity index is 0.000000120. The summed E-state index contributed by atoms with van der Waals surface area (Å²) in [5.74, 6) is 7.10. The van der Waals surface area contributed by atoms with Gasteiger partial charge in [0.2, 0.25) is 0 Å². The van der Waals surface area contributed by atoms with Gasteiger partial charge >= 0.3 is 74.7 Å². The van der Waals surface area contributed by atoms with Crippen molar-refractivity contribution in [3.8, 4) is 137 Å². The average molecular weight is 2210 g/mol. The molecular formula is C119H106CoCuN24Pd2. The summed E-state index contributed by atoms with van der Waals surface area (Å²) in [6, 6.07) is 91.8. The number of aryl methyl sites for hydroxylation is 4. The first-order valence-electron chi connectivity index (χ1n) is 48.6. The van der Waals surface area contributed by atoms with E-state index in [1.807, 2.05) is 77.0 Å². The third-order valence-electron chi connectivity index (χ3n) is 29.5. The number of para-hydroxylation sites is 4. The average Bonchev–Trinajstić information content (AvgIpc) is 1.18. The molecule has 27 rings (SSSR count). The molecule has 28 heteroatoms. The SMILES string of the molecule is CC1(C)c2[n-]c(c3ccccc23)-c2cn(-c3ccccc3)c(n2)C(C)(C)c2nc(cn2-c2ccccc2)-c2[n-]c1c1ccccc21.CC1(C)c2ccc([n-]2)-c2cn(-c3ccccc3)c(n2)C(C)(C)c2nc(cn2-c2ccccc2)-c2ccc1[n-]2.Cn1cc2nc1-c1ccc([n-]1)C(C)(C)c1ccc([n-]1)-c1nc(cn1C)C2(C)C.Cn1cc2nc1-c1cccc(c1)-c1nc(cn1C)-c1ccc([n-]1)C(C)(C)c1ccc-2[n-]1.[Co+2].[Cu+2].[Pd+2].[Pd+2]. The van der Waals surface area contributed by atoms with Crippen LogP contribution in [-0.2, 0) is 141 Å². The Bertz CT molecular complexity index is 8350. The van der Waals surface area contributed by atoms with Crippen molar-refractivity contribution in [2.45, 2.75) is 135 Å². The van der Waals surface area contributed by atoms with Gasteiger partial charge in [-0.3, -0.25) is 0 Å². The largest absolute Gasteiger partial charge is 2.00 e. The maximum atomic E-state index is 5.44. The summed E-state index contributed by atoms with van der Waals surface area (Å²) >= 11 is 0. The normalized spacial score (nSPS) is 14.8. The van der Waals surface area contributed by atoms with Gasteiger partial charge in [0, 0.05) is 112 Å². The third kappa shape index (κ3) is 16.6. The second-order valence-corrected chi connectivity index (χ2v) is 41.8. The Morgan fingerprint density at radius 1 is 0.218 bits per heavy atom. The Hall–Kier alpha value is -14.7. The minimum absolute atomic E-state index is 0. The molecule has 4 aliphatic heterocycles. The van der Waals surface area contributed by atoms with Crippen molar-refractivity contribution < 1.29 is 74.7 Å². The number of nitrogens with zero attached hydrogens (tertiary/aromatic N) is 24. The van der Waals surface area contributed by atoms with Gasteiger partial charge in [-0.15, -0.1) is 45.6 Å². The number of fused-ring (bicyclic) bond motifs is 50. The number of hydrogen-bond acceptors (Lipinski definition) is 8. The molecule has 23 aromatic rings. The van der Waals surface area contributed by atoms with Crippen LogP contribution in [0.1, 0.15) is 177 Å². The first kappa shape index (κ1) is 99.7. The van der Waals surface area contributed by atoms with Crippen LogP contribution in [0.2, 0.25) is 0 Å². The van der Waals surface area contributed by atoms with Gasteiger partial charge in [-0.1, -0.05) is 279 Å². The van der Waals surface area contributed by atoms with E-state index in [4.69, 9.17) is 79.7 Å². The van der Waals surface area contributed by atoms with E-state index < -0.39 is 16.2 Å². The zero-order chi connectivity index (χ0) is 98.5. The number of aromatic nitrogens is 24. The van der Waals surface area contributed by atoms with Crippen LogP contribution in [0.25, 0.3) is 158 Å². The van der Waals surface area contributed by atoms with Crippen molar-refractivity contribution in [1.82, 2.24) is 116 Å². The summed E-state index contributed by atoms with van der Waals surface area (Å²) in [6.07, 6.45) is 16.7. The molecule has 2 radical (unpaired) electrons. The van der Waals surface area contributed by atoms with Crippen LogP contribution in [0.5, 0.6) is 0 Å². The van der Waals surface area contributed by atoms with Crippen LogP contribution in [0.3, 0.4) is 0 Å². The molecular weight excluding hydrogens is 2100 g/mol. The number of rotatable bonds is 4. The fourth-order valence-corrected chi connectivity index (χ4v) is 20.9. The van der Waals surface area contributed by atoms with E-state index in [9.17, 15) is 0 Å². The standard InChI is InChI=1S/C40H32N6.C32H28N6.C25H22N6.C22H24N6.Co.Cu.2Pd/c1-39(2)35-29-21-13-11-19-27(29)33(43-35)31-23-45(25-15-7-5-8-16-25)37(41-31)40(3,4)38-42-32(24-46(38)26-17-9-6-10-18-26)34-28-20-12-14-22-30(28)36(39)44-34;1-31(2)27-17-15-23(33-27)25-19-37(21-11-7-5-8-12-21)29(35-25)32(3,4)30-36-26(24-16-18-28(31)34-24)20-38(30)22-13-9-6-10-14-22;1-25(2)21-10-8-17(26-21)19-13-30(3)23(28-19)15-6-5-7-16(12-15)24-29-20(14-31(24)4)18-9-11-22(25)27-18;1-21(2)15-9-7-13(23-15)19-25-17(11-27(19)5)22(3,4)18-12-28(6)20(26-18)14-8-10-16(21)24-14;;;;/h5-24H,1-4H3;5-20H,1-4H3;5-14H,1-4H3;7-12H,1-6H3;;;;/q4*-2;4*+2. The van der Waals surface area contributed by atoms with E-state index in [0.717, 1.165) is 239 Å². The minimum atomic E-state index is -0.623. The van der Waals surface area contributed by atoms with Crippen LogP contribution in [-0.4, -0.2) is 76.4 Å². The van der Waals surface area contributed by atoms with Crippen LogP contribution in [0.15, 0.2) is 316 Å². The number of imidazole rings is 8. The Morgan fingerprint density at radius 3 is 0.789 bits per heavy atom. The molecule has 0 amide bonds. The van der Waals surface area contributed by atoms with Crippen molar-refractivity contribution in [2.24, 2.45) is 28.2 Å². The minimum Gasteiger partial charge on any atom is -0.659 e. The number of benzene rings is 7. The van der Waals surface area contributed by atoms with Crippen molar-refractivity contribution in [3.05, 3.63) is 397 Å². The van der Waals surface area contributed by atoms with E-state index >= 15 is 0 Å². The number of hydrogen-bond donors (Lipinski definition) is 0. The summed E-state index contributed by atoms with van der Waals surface area (Å²) in [5.41, 5.74) is 25.2. The molecule has 0 spiro atoms. The maximum absolute atomic E-state index is 5.44. The first-order chi connectivity index (χ1) is 68.7. The summed E-state index contributed by atoms with van der Waals surface area (Å²) in [5, 5.41) is 4.42. The molecule has 0 unspecified atom stereocenters. The Labute approximate surface area is 901 Å². The molecule has 24 nitrogen and oxygen atoms in total. The molecule has 4 aliphatic rings. The van der Waals surface area contributed by atoms with Gasteiger partial charge in [-0.2, -0.15) is 34.2 Å². The summed E-state index contributed by atoms with van der Waals surface area (Å²) < 4.78 is 17.0. The smallest absolute Gasteiger partial charge is 0.659 e. The molecule has 147 heavy (non-hydrogen) atoms. The van der Waals surface area contributed by atoms with Gasteiger partial charge in [0.05, 0.1) is 61.8 Å². The second kappa shape index (κ2) is 37.1. The quantitative estimate of drug-likeness (QED) is 0.148. The summed E-state index contributed by atoms with van der Waals surface area (Å²) in [6.45, 7) is 30.6. The molecule has 7 aromatic carbocycles. The van der Waals surface area contributed by atoms with E-state index in [2.05, 4.69) is 401 Å². The van der Waals surface area contributed by atoms with Gasteiger partial charge < -0.3 is 76.4 Å². The molecule has 34 bridgehead atoms. The molecule has 0 N–H and O–H groups in total. The van der Waals surface area contributed by atoms with Crippen molar-refractivity contribution >= 4 is 21.5 Å². The zero-order valence-electron chi connectivity index (χ0n) is 84.5. The Morgan fingerprint density at radius 2 is 0.476 bits per heavy atom. The van der Waals surface area contributed by atoms with Gasteiger partial charge in [0.1, 0.15) is 46.6 Å². The van der Waals surface area contributed by atoms with Crippen molar-refractivity contribution in [1.29, 1.82) is 0 Å². The molecule has 0 saturated heterocycles. The molecule has 0 fully saturated rings. The zero-order valence-corrected chi connectivity index (χ0v) is 89.6. The van der Waals surface area contributed by atoms with Crippen LogP contribution >= 0.6 is 0 Å². The van der Waals surface area contributed by atoms with E-state index in [1.54, 1.807) is 0 Å².